The van der Waals surface area contributed by atoms with Crippen LogP contribution in [-0.4, -0.2) is 9.38 Å². The van der Waals surface area contributed by atoms with E-state index < -0.39 is 0 Å². The van der Waals surface area contributed by atoms with Crippen molar-refractivity contribution in [2.75, 3.05) is 0 Å². The number of nitrogens with zero attached hydrogens (tertiary/aromatic N) is 2. The average Bonchev–Trinajstić information content (AvgIpc) is 3.24. The lowest BCUT2D eigenvalue weighted by atomic mass is 10.2. The highest BCUT2D eigenvalue weighted by molar-refractivity contribution is 7.15. The van der Waals surface area contributed by atoms with Gasteiger partial charge in [0.2, 0.25) is 0 Å². The van der Waals surface area contributed by atoms with Crippen LogP contribution < -0.4 is 14.8 Å². The van der Waals surface area contributed by atoms with Crippen molar-refractivity contribution in [2.24, 2.45) is 0 Å². The van der Waals surface area contributed by atoms with Crippen molar-refractivity contribution in [1.29, 1.82) is 0 Å². The smallest absolute Gasteiger partial charge is 0.274 e. The van der Waals surface area contributed by atoms with Gasteiger partial charge in [-0.25, -0.2) is 13.8 Å². The van der Waals surface area contributed by atoms with Crippen LogP contribution in [0.3, 0.4) is 0 Å². The molecule has 2 heterocycles. The summed E-state index contributed by atoms with van der Waals surface area (Å²) < 4.78 is 21.2. The largest absolute Gasteiger partial charge is 0.489 e. The highest BCUT2D eigenvalue weighted by Crippen LogP contribution is 2.17. The van der Waals surface area contributed by atoms with Crippen LogP contribution in [0.15, 0.2) is 77.6 Å². The third-order valence-corrected chi connectivity index (χ3v) is 5.59. The Labute approximate surface area is 169 Å². The molecule has 0 N–H and O–H groups in total. The van der Waals surface area contributed by atoms with Gasteiger partial charge in [-0.1, -0.05) is 47.7 Å². The summed E-state index contributed by atoms with van der Waals surface area (Å²) in [6.45, 7) is 0.292. The lowest BCUT2D eigenvalue weighted by Crippen LogP contribution is -2.22. The Morgan fingerprint density at radius 1 is 1.03 bits per heavy atom. The first-order chi connectivity index (χ1) is 14.2. The number of fused-ring (bicyclic) bond motifs is 3. The van der Waals surface area contributed by atoms with Gasteiger partial charge < -0.3 is 4.74 Å². The zero-order valence-corrected chi connectivity index (χ0v) is 16.0. The van der Waals surface area contributed by atoms with Crippen molar-refractivity contribution in [2.45, 2.75) is 6.61 Å². The fraction of sp³-hybridized carbons (Fsp3) is 0.0435. The molecule has 4 nitrogen and oxygen atoms in total. The molecule has 5 rings (SSSR count). The molecular weight excluding hydrogens is 387 g/mol. The monoisotopic (exact) mass is 402 g/mol. The number of thiazole rings is 1. The molecule has 0 saturated carbocycles. The van der Waals surface area contributed by atoms with Gasteiger partial charge in [0.25, 0.3) is 5.56 Å². The molecule has 0 fully saturated rings. The second kappa shape index (κ2) is 7.14. The standard InChI is InChI=1S/C23H15FN2O2S/c24-17-5-3-4-16(12-17)14-28-18-10-8-15(9-11-18)13-21-22(27)26-20-7-2-1-6-19(20)25-23(26)29-21/h1-13H,14H2/b21-13-. The third-order valence-electron chi connectivity index (χ3n) is 4.62. The summed E-state index contributed by atoms with van der Waals surface area (Å²) in [5.74, 6) is 0.403. The van der Waals surface area contributed by atoms with E-state index in [1.807, 2.05) is 60.7 Å². The van der Waals surface area contributed by atoms with Crippen LogP contribution in [0.2, 0.25) is 0 Å². The molecule has 0 unspecified atom stereocenters. The molecule has 5 aromatic rings. The summed E-state index contributed by atoms with van der Waals surface area (Å²) in [6, 6.07) is 21.4. The summed E-state index contributed by atoms with van der Waals surface area (Å²) in [7, 11) is 0. The van der Waals surface area contributed by atoms with Crippen LogP contribution in [-0.2, 0) is 6.61 Å². The number of imidazole rings is 1. The van der Waals surface area contributed by atoms with Gasteiger partial charge in [0, 0.05) is 0 Å². The van der Waals surface area contributed by atoms with Gasteiger partial charge in [-0.2, -0.15) is 0 Å². The maximum absolute atomic E-state index is 13.2. The van der Waals surface area contributed by atoms with E-state index in [9.17, 15) is 9.18 Å². The highest BCUT2D eigenvalue weighted by Gasteiger charge is 2.10. The summed E-state index contributed by atoms with van der Waals surface area (Å²) in [4.78, 5) is 18.0. The fourth-order valence-electron chi connectivity index (χ4n) is 3.22. The molecule has 0 aliphatic carbocycles. The summed E-state index contributed by atoms with van der Waals surface area (Å²) in [6.07, 6.45) is 1.85. The number of hydrogen-bond acceptors (Lipinski definition) is 4. The Bertz CT molecular complexity index is 1440. The predicted molar refractivity (Wildman–Crippen MR) is 113 cm³/mol. The van der Waals surface area contributed by atoms with Gasteiger partial charge in [0.15, 0.2) is 4.96 Å². The van der Waals surface area contributed by atoms with Crippen LogP contribution in [0.4, 0.5) is 4.39 Å². The molecule has 0 spiro atoms. The summed E-state index contributed by atoms with van der Waals surface area (Å²) in [5, 5.41) is 0. The number of benzene rings is 3. The van der Waals surface area contributed by atoms with E-state index in [2.05, 4.69) is 4.98 Å². The minimum absolute atomic E-state index is 0.0647. The van der Waals surface area contributed by atoms with Gasteiger partial charge in [-0.3, -0.25) is 4.79 Å². The lowest BCUT2D eigenvalue weighted by molar-refractivity contribution is 0.305. The topological polar surface area (TPSA) is 43.6 Å². The number of ether oxygens (including phenoxy) is 1. The Hall–Kier alpha value is -3.51. The summed E-state index contributed by atoms with van der Waals surface area (Å²) >= 11 is 1.37. The van der Waals surface area contributed by atoms with Crippen molar-refractivity contribution >= 4 is 33.4 Å². The molecule has 142 valence electrons. The van der Waals surface area contributed by atoms with E-state index in [1.165, 1.54) is 23.5 Å². The van der Waals surface area contributed by atoms with Gasteiger partial charge in [0.05, 0.1) is 15.6 Å². The van der Waals surface area contributed by atoms with Crippen molar-refractivity contribution in [3.8, 4) is 5.75 Å². The molecule has 0 aliphatic heterocycles. The van der Waals surface area contributed by atoms with E-state index in [4.69, 9.17) is 4.74 Å². The van der Waals surface area contributed by atoms with Crippen LogP contribution in [0.1, 0.15) is 11.1 Å². The van der Waals surface area contributed by atoms with Gasteiger partial charge in [-0.05, 0) is 53.6 Å². The van der Waals surface area contributed by atoms with E-state index in [0.717, 1.165) is 22.2 Å². The molecule has 0 amide bonds. The third kappa shape index (κ3) is 3.39. The van der Waals surface area contributed by atoms with Crippen LogP contribution in [0.5, 0.6) is 5.75 Å². The van der Waals surface area contributed by atoms with Crippen LogP contribution in [0, 0.1) is 5.82 Å². The van der Waals surface area contributed by atoms with E-state index in [0.29, 0.717) is 21.8 Å². The number of aromatic nitrogens is 2. The minimum atomic E-state index is -0.278. The number of hydrogen-bond donors (Lipinski definition) is 0. The fourth-order valence-corrected chi connectivity index (χ4v) is 4.20. The molecule has 0 saturated heterocycles. The van der Waals surface area contributed by atoms with Crippen molar-refractivity contribution in [1.82, 2.24) is 9.38 Å². The normalized spacial score (nSPS) is 12.1. The zero-order valence-electron chi connectivity index (χ0n) is 15.2. The molecule has 0 radical (unpaired) electrons. The van der Waals surface area contributed by atoms with Crippen molar-refractivity contribution in [3.05, 3.63) is 105 Å². The average molecular weight is 402 g/mol. The summed E-state index contributed by atoms with van der Waals surface area (Å²) in [5.41, 5.74) is 3.25. The second-order valence-electron chi connectivity index (χ2n) is 6.62. The minimum Gasteiger partial charge on any atom is -0.489 e. The first-order valence-electron chi connectivity index (χ1n) is 9.06. The Balaban J connectivity index is 1.41. The molecule has 0 atom stereocenters. The highest BCUT2D eigenvalue weighted by atomic mass is 32.1. The molecule has 2 aromatic heterocycles. The maximum atomic E-state index is 13.2. The van der Waals surface area contributed by atoms with Crippen molar-refractivity contribution < 1.29 is 9.13 Å². The van der Waals surface area contributed by atoms with Gasteiger partial charge in [0.1, 0.15) is 18.2 Å². The van der Waals surface area contributed by atoms with E-state index in [-0.39, 0.29) is 11.4 Å². The SMILES string of the molecule is O=c1/c(=C/c2ccc(OCc3cccc(F)c3)cc2)sc2nc3ccccc3n12. The Morgan fingerprint density at radius 3 is 2.69 bits per heavy atom. The van der Waals surface area contributed by atoms with Gasteiger partial charge in [-0.15, -0.1) is 0 Å². The second-order valence-corrected chi connectivity index (χ2v) is 7.63. The predicted octanol–water partition coefficient (Wildman–Crippen LogP) is 4.18. The quantitative estimate of drug-likeness (QED) is 0.453. The molecule has 3 aromatic carbocycles. The molecular formula is C23H15FN2O2S. The van der Waals surface area contributed by atoms with Crippen LogP contribution in [0.25, 0.3) is 22.1 Å². The number of halogens is 1. The van der Waals surface area contributed by atoms with Gasteiger partial charge >= 0.3 is 0 Å². The number of rotatable bonds is 4. The molecule has 0 aliphatic rings. The van der Waals surface area contributed by atoms with E-state index in [1.54, 1.807) is 10.5 Å². The van der Waals surface area contributed by atoms with Crippen LogP contribution >= 0.6 is 11.3 Å². The lowest BCUT2D eigenvalue weighted by Gasteiger charge is -2.06. The zero-order chi connectivity index (χ0) is 19.8. The molecule has 29 heavy (non-hydrogen) atoms. The van der Waals surface area contributed by atoms with E-state index >= 15 is 0 Å². The Morgan fingerprint density at radius 2 is 1.86 bits per heavy atom. The number of para-hydroxylation sites is 2. The first-order valence-corrected chi connectivity index (χ1v) is 9.88. The van der Waals surface area contributed by atoms with Crippen molar-refractivity contribution in [3.63, 3.8) is 0 Å². The molecule has 6 heteroatoms. The molecule has 0 bridgehead atoms. The Kier molecular flexibility index (Phi) is 4.33. The maximum Gasteiger partial charge on any atom is 0.274 e. The first kappa shape index (κ1) is 17.6.